The van der Waals surface area contributed by atoms with E-state index in [1.54, 1.807) is 0 Å². The lowest BCUT2D eigenvalue weighted by Gasteiger charge is -1.99. The van der Waals surface area contributed by atoms with Gasteiger partial charge in [0.15, 0.2) is 0 Å². The number of hydrogen-bond acceptors (Lipinski definition) is 2. The van der Waals surface area contributed by atoms with Gasteiger partial charge in [-0.1, -0.05) is 18.2 Å². The molecule has 0 radical (unpaired) electrons. The van der Waals surface area contributed by atoms with Crippen LogP contribution in [0, 0.1) is 13.8 Å². The second kappa shape index (κ2) is 4.74. The lowest BCUT2D eigenvalue weighted by atomic mass is 10.1. The summed E-state index contributed by atoms with van der Waals surface area (Å²) in [5.74, 6) is 0.414. The fraction of sp³-hybridized carbons (Fsp3) is 0.333. The van der Waals surface area contributed by atoms with Crippen molar-refractivity contribution < 1.29 is 10.2 Å². The molecular weight excluding hydrogens is 140 g/mol. The lowest BCUT2D eigenvalue weighted by Crippen LogP contribution is -1.76. The third-order valence-electron chi connectivity index (χ3n) is 1.44. The second-order valence-corrected chi connectivity index (χ2v) is 2.24. The number of aromatic hydroxyl groups is 1. The highest BCUT2D eigenvalue weighted by molar-refractivity contribution is 5.37. The first-order valence-electron chi connectivity index (χ1n) is 3.41. The van der Waals surface area contributed by atoms with E-state index in [2.05, 4.69) is 0 Å². The number of benzene rings is 1. The van der Waals surface area contributed by atoms with E-state index in [1.807, 2.05) is 32.0 Å². The molecule has 2 nitrogen and oxygen atoms in total. The Morgan fingerprint density at radius 1 is 1.00 bits per heavy atom. The molecule has 2 heteroatoms. The van der Waals surface area contributed by atoms with Crippen LogP contribution in [0.15, 0.2) is 18.2 Å². The largest absolute Gasteiger partial charge is 0.507 e. The summed E-state index contributed by atoms with van der Waals surface area (Å²) >= 11 is 0. The highest BCUT2D eigenvalue weighted by Crippen LogP contribution is 2.19. The maximum Gasteiger partial charge on any atom is 0.121 e. The third-order valence-corrected chi connectivity index (χ3v) is 1.44. The Bertz CT molecular complexity index is 199. The Morgan fingerprint density at radius 3 is 1.64 bits per heavy atom. The van der Waals surface area contributed by atoms with Gasteiger partial charge in [0.25, 0.3) is 0 Å². The molecule has 0 heterocycles. The monoisotopic (exact) mass is 154 g/mol. The molecule has 1 aromatic rings. The van der Waals surface area contributed by atoms with Gasteiger partial charge < -0.3 is 10.2 Å². The van der Waals surface area contributed by atoms with Crippen molar-refractivity contribution >= 4 is 0 Å². The molecule has 0 saturated heterocycles. The number of phenolic OH excluding ortho intramolecular Hbond substituents is 1. The predicted molar refractivity (Wildman–Crippen MR) is 45.7 cm³/mol. The molecule has 0 unspecified atom stereocenters. The minimum atomic E-state index is 0.414. The minimum Gasteiger partial charge on any atom is -0.507 e. The Hall–Kier alpha value is -1.02. The van der Waals surface area contributed by atoms with Gasteiger partial charge in [0.1, 0.15) is 5.75 Å². The molecule has 0 aliphatic heterocycles. The van der Waals surface area contributed by atoms with Crippen LogP contribution in [-0.4, -0.2) is 17.3 Å². The van der Waals surface area contributed by atoms with Gasteiger partial charge in [0.05, 0.1) is 0 Å². The van der Waals surface area contributed by atoms with Crippen molar-refractivity contribution in [2.45, 2.75) is 13.8 Å². The molecule has 11 heavy (non-hydrogen) atoms. The Balaban J connectivity index is 0.000000461. The standard InChI is InChI=1S/C8H10O.CH4O/c1-6-4-3-5-7(2)8(6)9;1-2/h3-5,9H,1-2H3;2H,1H3. The fourth-order valence-corrected chi connectivity index (χ4v) is 0.806. The van der Waals surface area contributed by atoms with Crippen molar-refractivity contribution in [2.24, 2.45) is 0 Å². The number of aliphatic hydroxyl groups excluding tert-OH is 1. The van der Waals surface area contributed by atoms with Crippen LogP contribution < -0.4 is 0 Å². The molecule has 0 fully saturated rings. The van der Waals surface area contributed by atoms with Crippen LogP contribution in [0.5, 0.6) is 5.75 Å². The van der Waals surface area contributed by atoms with E-state index < -0.39 is 0 Å². The smallest absolute Gasteiger partial charge is 0.121 e. The molecule has 0 aliphatic rings. The summed E-state index contributed by atoms with van der Waals surface area (Å²) in [4.78, 5) is 0. The van der Waals surface area contributed by atoms with E-state index in [1.165, 1.54) is 0 Å². The van der Waals surface area contributed by atoms with Gasteiger partial charge in [-0.25, -0.2) is 0 Å². The molecule has 2 N–H and O–H groups in total. The zero-order chi connectivity index (χ0) is 8.85. The molecule has 0 amide bonds. The topological polar surface area (TPSA) is 40.5 Å². The maximum atomic E-state index is 9.21. The van der Waals surface area contributed by atoms with Gasteiger partial charge >= 0.3 is 0 Å². The average molecular weight is 154 g/mol. The van der Waals surface area contributed by atoms with Gasteiger partial charge in [-0.15, -0.1) is 0 Å². The van der Waals surface area contributed by atoms with E-state index in [4.69, 9.17) is 5.11 Å². The molecule has 0 aliphatic carbocycles. The summed E-state index contributed by atoms with van der Waals surface area (Å²) in [5.41, 5.74) is 1.88. The molecule has 0 aromatic heterocycles. The van der Waals surface area contributed by atoms with E-state index in [9.17, 15) is 5.11 Å². The van der Waals surface area contributed by atoms with Crippen LogP contribution in [0.25, 0.3) is 0 Å². The van der Waals surface area contributed by atoms with Crippen LogP contribution >= 0.6 is 0 Å². The van der Waals surface area contributed by atoms with Crippen LogP contribution in [0.2, 0.25) is 0 Å². The molecule has 1 rings (SSSR count). The molecular formula is C9H14O2. The van der Waals surface area contributed by atoms with Gasteiger partial charge in [-0.05, 0) is 25.0 Å². The zero-order valence-electron chi connectivity index (χ0n) is 7.13. The van der Waals surface area contributed by atoms with Gasteiger partial charge in [0, 0.05) is 7.11 Å². The van der Waals surface area contributed by atoms with Crippen LogP contribution in [-0.2, 0) is 0 Å². The van der Waals surface area contributed by atoms with E-state index in [0.29, 0.717) is 5.75 Å². The van der Waals surface area contributed by atoms with E-state index >= 15 is 0 Å². The summed E-state index contributed by atoms with van der Waals surface area (Å²) < 4.78 is 0. The first-order valence-corrected chi connectivity index (χ1v) is 3.41. The van der Waals surface area contributed by atoms with Gasteiger partial charge in [0.2, 0.25) is 0 Å². The summed E-state index contributed by atoms with van der Waals surface area (Å²) in [7, 11) is 1.00. The molecule has 0 bridgehead atoms. The number of hydrogen-bond donors (Lipinski definition) is 2. The highest BCUT2D eigenvalue weighted by Gasteiger charge is 1.95. The number of para-hydroxylation sites is 1. The zero-order valence-corrected chi connectivity index (χ0v) is 7.13. The van der Waals surface area contributed by atoms with E-state index in [-0.39, 0.29) is 0 Å². The number of aryl methyl sites for hydroxylation is 2. The fourth-order valence-electron chi connectivity index (χ4n) is 0.806. The third kappa shape index (κ3) is 2.60. The van der Waals surface area contributed by atoms with Crippen LogP contribution in [0.4, 0.5) is 0 Å². The van der Waals surface area contributed by atoms with Crippen molar-refractivity contribution in [1.29, 1.82) is 0 Å². The molecule has 62 valence electrons. The molecule has 0 atom stereocenters. The highest BCUT2D eigenvalue weighted by atomic mass is 16.3. The normalized spacial score (nSPS) is 8.36. The Labute approximate surface area is 67.1 Å². The summed E-state index contributed by atoms with van der Waals surface area (Å²) in [6.45, 7) is 3.78. The minimum absolute atomic E-state index is 0.414. The number of rotatable bonds is 0. The number of aliphatic hydroxyl groups is 1. The molecule has 0 spiro atoms. The summed E-state index contributed by atoms with van der Waals surface area (Å²) in [5, 5.41) is 16.2. The lowest BCUT2D eigenvalue weighted by molar-refractivity contribution is 0.399. The van der Waals surface area contributed by atoms with E-state index in [0.717, 1.165) is 18.2 Å². The first kappa shape index (κ1) is 9.98. The van der Waals surface area contributed by atoms with Crippen LogP contribution in [0.3, 0.4) is 0 Å². The van der Waals surface area contributed by atoms with Gasteiger partial charge in [-0.2, -0.15) is 0 Å². The van der Waals surface area contributed by atoms with Crippen molar-refractivity contribution in [2.75, 3.05) is 7.11 Å². The summed E-state index contributed by atoms with van der Waals surface area (Å²) in [6.07, 6.45) is 0. The average Bonchev–Trinajstić information content (AvgIpc) is 2.04. The summed E-state index contributed by atoms with van der Waals surface area (Å²) in [6, 6.07) is 5.72. The van der Waals surface area contributed by atoms with Crippen molar-refractivity contribution in [3.05, 3.63) is 29.3 Å². The predicted octanol–water partition coefficient (Wildman–Crippen LogP) is 1.62. The second-order valence-electron chi connectivity index (χ2n) is 2.24. The van der Waals surface area contributed by atoms with Crippen molar-refractivity contribution in [1.82, 2.24) is 0 Å². The maximum absolute atomic E-state index is 9.21. The quantitative estimate of drug-likeness (QED) is 0.596. The molecule has 1 aromatic carbocycles. The SMILES string of the molecule is CO.Cc1cccc(C)c1O. The molecule has 0 saturated carbocycles. The Kier molecular flexibility index (Phi) is 4.30. The van der Waals surface area contributed by atoms with Crippen molar-refractivity contribution in [3.8, 4) is 5.75 Å². The van der Waals surface area contributed by atoms with Gasteiger partial charge in [-0.3, -0.25) is 0 Å². The Morgan fingerprint density at radius 2 is 1.36 bits per heavy atom. The first-order chi connectivity index (χ1) is 5.22. The van der Waals surface area contributed by atoms with Crippen LogP contribution in [0.1, 0.15) is 11.1 Å². The number of phenols is 1. The van der Waals surface area contributed by atoms with Crippen molar-refractivity contribution in [3.63, 3.8) is 0 Å².